The first kappa shape index (κ1) is 10.6. The summed E-state index contributed by atoms with van der Waals surface area (Å²) >= 11 is 0. The minimum absolute atomic E-state index is 0.101. The summed E-state index contributed by atoms with van der Waals surface area (Å²) < 4.78 is 0. The van der Waals surface area contributed by atoms with Gasteiger partial charge in [0.1, 0.15) is 5.78 Å². The summed E-state index contributed by atoms with van der Waals surface area (Å²) in [5.41, 5.74) is 2.34. The number of hydroxylamine groups is 1. The molecule has 0 atom stereocenters. The van der Waals surface area contributed by atoms with Crippen molar-refractivity contribution in [3.63, 3.8) is 0 Å². The van der Waals surface area contributed by atoms with Crippen LogP contribution in [0.2, 0.25) is 0 Å². The number of Topliss-reactive ketones (excluding diaryl/α,β-unsaturated/α-hetero) is 1. The second-order valence-electron chi connectivity index (χ2n) is 3.40. The molecule has 66 valence electrons. The van der Waals surface area contributed by atoms with E-state index in [1.807, 2.05) is 13.8 Å². The molecule has 0 aromatic heterocycles. The molecule has 4 nitrogen and oxygen atoms in total. The van der Waals surface area contributed by atoms with Crippen molar-refractivity contribution in [1.29, 1.82) is 0 Å². The van der Waals surface area contributed by atoms with Gasteiger partial charge in [0.25, 0.3) is 0 Å². The van der Waals surface area contributed by atoms with E-state index in [0.717, 1.165) is 5.17 Å². The van der Waals surface area contributed by atoms with Gasteiger partial charge in [0.2, 0.25) is 0 Å². The summed E-state index contributed by atoms with van der Waals surface area (Å²) in [4.78, 5) is 10.7. The van der Waals surface area contributed by atoms with E-state index >= 15 is 0 Å². The van der Waals surface area contributed by atoms with E-state index in [0.29, 0.717) is 6.42 Å². The first-order valence-electron chi connectivity index (χ1n) is 3.53. The Morgan fingerprint density at radius 1 is 1.64 bits per heavy atom. The molecular formula is C7H16N2O2. The highest BCUT2D eigenvalue weighted by Crippen LogP contribution is 2.08. The summed E-state index contributed by atoms with van der Waals surface area (Å²) in [6.45, 7) is 5.23. The first-order chi connectivity index (χ1) is 4.83. The zero-order chi connectivity index (χ0) is 9.07. The predicted octanol–water partition coefficient (Wildman–Crippen LogP) is 0.570. The number of carbonyl (C=O) groups excluding carboxylic acids is 1. The number of ketones is 1. The van der Waals surface area contributed by atoms with Crippen LogP contribution in [0.15, 0.2) is 0 Å². The fourth-order valence-corrected chi connectivity index (χ4v) is 1.10. The molecule has 0 amide bonds. The molecule has 0 saturated heterocycles. The molecule has 11 heavy (non-hydrogen) atoms. The van der Waals surface area contributed by atoms with Gasteiger partial charge in [0, 0.05) is 19.0 Å². The van der Waals surface area contributed by atoms with Gasteiger partial charge in [-0.05, 0) is 20.8 Å². The van der Waals surface area contributed by atoms with Crippen LogP contribution in [0.3, 0.4) is 0 Å². The summed E-state index contributed by atoms with van der Waals surface area (Å²) in [5.74, 6) is 0.101. The third-order valence-electron chi connectivity index (χ3n) is 1.16. The first-order valence-corrected chi connectivity index (χ1v) is 3.53. The maximum Gasteiger partial charge on any atom is 0.131 e. The molecule has 0 aliphatic rings. The zero-order valence-corrected chi connectivity index (χ0v) is 7.51. The van der Waals surface area contributed by atoms with Crippen molar-refractivity contribution in [2.75, 3.05) is 7.05 Å². The average molecular weight is 160 g/mol. The van der Waals surface area contributed by atoms with Crippen LogP contribution < -0.4 is 5.43 Å². The smallest absolute Gasteiger partial charge is 0.131 e. The van der Waals surface area contributed by atoms with E-state index < -0.39 is 0 Å². The van der Waals surface area contributed by atoms with Crippen LogP contribution in [-0.2, 0) is 4.79 Å². The minimum Gasteiger partial charge on any atom is -0.300 e. The van der Waals surface area contributed by atoms with E-state index in [-0.39, 0.29) is 11.3 Å². The number of hydrazine groups is 1. The second kappa shape index (κ2) is 3.80. The van der Waals surface area contributed by atoms with Gasteiger partial charge in [0.15, 0.2) is 0 Å². The average Bonchev–Trinajstić information content (AvgIpc) is 1.53. The van der Waals surface area contributed by atoms with Crippen LogP contribution in [0.4, 0.5) is 0 Å². The van der Waals surface area contributed by atoms with Crippen LogP contribution >= 0.6 is 0 Å². The number of nitrogens with zero attached hydrogens (tertiary/aromatic N) is 1. The Morgan fingerprint density at radius 3 is 2.36 bits per heavy atom. The monoisotopic (exact) mass is 160 g/mol. The Kier molecular flexibility index (Phi) is 3.65. The Morgan fingerprint density at radius 2 is 2.09 bits per heavy atom. The van der Waals surface area contributed by atoms with E-state index in [9.17, 15) is 4.79 Å². The van der Waals surface area contributed by atoms with E-state index in [1.54, 1.807) is 0 Å². The van der Waals surface area contributed by atoms with Crippen molar-refractivity contribution in [1.82, 2.24) is 10.6 Å². The lowest BCUT2D eigenvalue weighted by Gasteiger charge is -2.27. The molecule has 0 unspecified atom stereocenters. The Hall–Kier alpha value is -0.450. The fourth-order valence-electron chi connectivity index (χ4n) is 1.10. The van der Waals surface area contributed by atoms with Gasteiger partial charge in [-0.1, -0.05) is 0 Å². The highest BCUT2D eigenvalue weighted by molar-refractivity contribution is 5.76. The third-order valence-corrected chi connectivity index (χ3v) is 1.16. The number of rotatable bonds is 4. The van der Waals surface area contributed by atoms with Crippen molar-refractivity contribution in [3.05, 3.63) is 0 Å². The lowest BCUT2D eigenvalue weighted by molar-refractivity contribution is -0.139. The van der Waals surface area contributed by atoms with Crippen molar-refractivity contribution >= 4 is 5.78 Å². The fraction of sp³-hybridized carbons (Fsp3) is 0.857. The molecule has 0 aromatic carbocycles. The molecule has 0 aromatic rings. The van der Waals surface area contributed by atoms with Gasteiger partial charge in [-0.2, -0.15) is 0 Å². The standard InChI is InChI=1S/C7H16N2O2/c1-6(10)5-7(2,3)8-9(4)11/h8,11H,5H2,1-4H3. The largest absolute Gasteiger partial charge is 0.300 e. The predicted molar refractivity (Wildman–Crippen MR) is 42.1 cm³/mol. The lowest BCUT2D eigenvalue weighted by atomic mass is 10.00. The minimum atomic E-state index is -0.380. The van der Waals surface area contributed by atoms with Crippen LogP contribution in [0.1, 0.15) is 27.2 Å². The topological polar surface area (TPSA) is 52.6 Å². The highest BCUT2D eigenvalue weighted by atomic mass is 16.5. The van der Waals surface area contributed by atoms with Gasteiger partial charge in [-0.25, -0.2) is 5.43 Å². The van der Waals surface area contributed by atoms with Gasteiger partial charge in [-0.15, -0.1) is 5.17 Å². The van der Waals surface area contributed by atoms with Crippen molar-refractivity contribution in [3.8, 4) is 0 Å². The summed E-state index contributed by atoms with van der Waals surface area (Å²) in [6, 6.07) is 0. The Bertz CT molecular complexity index is 143. The van der Waals surface area contributed by atoms with Gasteiger partial charge in [0.05, 0.1) is 0 Å². The SMILES string of the molecule is CC(=O)CC(C)(C)NN(C)O. The van der Waals surface area contributed by atoms with Crippen LogP contribution in [0.5, 0.6) is 0 Å². The van der Waals surface area contributed by atoms with Crippen LogP contribution in [-0.4, -0.2) is 28.7 Å². The molecule has 0 bridgehead atoms. The van der Waals surface area contributed by atoms with Gasteiger partial charge >= 0.3 is 0 Å². The molecule has 0 radical (unpaired) electrons. The number of hydrogen-bond acceptors (Lipinski definition) is 4. The lowest BCUT2D eigenvalue weighted by Crippen LogP contribution is -2.48. The van der Waals surface area contributed by atoms with Gasteiger partial charge in [-0.3, -0.25) is 10.0 Å². The molecule has 0 fully saturated rings. The molecule has 0 aliphatic carbocycles. The maximum atomic E-state index is 10.7. The van der Waals surface area contributed by atoms with E-state index in [4.69, 9.17) is 5.21 Å². The number of nitrogens with one attached hydrogen (secondary N) is 1. The summed E-state index contributed by atoms with van der Waals surface area (Å²) in [7, 11) is 1.47. The van der Waals surface area contributed by atoms with Crippen LogP contribution in [0.25, 0.3) is 0 Å². The van der Waals surface area contributed by atoms with Crippen molar-refractivity contribution in [2.24, 2.45) is 0 Å². The Labute approximate surface area is 67.1 Å². The quantitative estimate of drug-likeness (QED) is 0.590. The molecule has 4 heteroatoms. The van der Waals surface area contributed by atoms with E-state index in [1.165, 1.54) is 14.0 Å². The summed E-state index contributed by atoms with van der Waals surface area (Å²) in [5, 5.41) is 9.68. The molecule has 0 spiro atoms. The normalized spacial score (nSPS) is 12.2. The molecule has 0 rings (SSSR count). The number of carbonyl (C=O) groups is 1. The highest BCUT2D eigenvalue weighted by Gasteiger charge is 2.20. The van der Waals surface area contributed by atoms with Crippen molar-refractivity contribution in [2.45, 2.75) is 32.7 Å². The van der Waals surface area contributed by atoms with E-state index in [2.05, 4.69) is 5.43 Å². The molecular weight excluding hydrogens is 144 g/mol. The third kappa shape index (κ3) is 5.97. The van der Waals surface area contributed by atoms with Crippen molar-refractivity contribution < 1.29 is 10.0 Å². The molecule has 0 aliphatic heterocycles. The zero-order valence-electron chi connectivity index (χ0n) is 7.51. The Balaban J connectivity index is 3.89. The molecule has 0 heterocycles. The maximum absolute atomic E-state index is 10.7. The number of hydrogen-bond donors (Lipinski definition) is 2. The van der Waals surface area contributed by atoms with Crippen LogP contribution in [0, 0.1) is 0 Å². The second-order valence-corrected chi connectivity index (χ2v) is 3.40. The summed E-state index contributed by atoms with van der Waals surface area (Å²) in [6.07, 6.45) is 0.401. The molecule has 0 saturated carbocycles. The van der Waals surface area contributed by atoms with Gasteiger partial charge < -0.3 is 0 Å². The molecule has 2 N–H and O–H groups in total.